The Morgan fingerprint density at radius 3 is 2.86 bits per heavy atom. The van der Waals surface area contributed by atoms with Crippen molar-refractivity contribution in [2.45, 2.75) is 20.3 Å². The number of aryl methyl sites for hydroxylation is 2. The van der Waals surface area contributed by atoms with Crippen LogP contribution in [0, 0.1) is 13.8 Å². The summed E-state index contributed by atoms with van der Waals surface area (Å²) in [5.41, 5.74) is 6.97. The zero-order valence-electron chi connectivity index (χ0n) is 8.37. The molecular weight excluding hydrogens is 180 g/mol. The number of carbonyl (C=O) groups excluding carboxylic acids is 1. The monoisotopic (exact) mass is 194 g/mol. The number of aromatic nitrogens is 2. The van der Waals surface area contributed by atoms with Crippen LogP contribution in [0.25, 0.3) is 0 Å². The quantitative estimate of drug-likeness (QED) is 0.726. The van der Waals surface area contributed by atoms with Crippen molar-refractivity contribution in [2.24, 2.45) is 5.73 Å². The maximum absolute atomic E-state index is 10.5. The Balaban J connectivity index is 2.51. The van der Waals surface area contributed by atoms with Crippen LogP contribution in [0.3, 0.4) is 0 Å². The van der Waals surface area contributed by atoms with Crippen molar-refractivity contribution in [1.82, 2.24) is 9.97 Å². The third-order valence-electron chi connectivity index (χ3n) is 1.88. The predicted octanol–water partition coefficient (Wildman–Crippen LogP) is 0.381. The maximum atomic E-state index is 10.5. The van der Waals surface area contributed by atoms with Gasteiger partial charge in [-0.2, -0.15) is 0 Å². The molecule has 0 aliphatic heterocycles. The van der Waals surface area contributed by atoms with Gasteiger partial charge in [0.25, 0.3) is 0 Å². The van der Waals surface area contributed by atoms with E-state index in [0.29, 0.717) is 12.5 Å². The lowest BCUT2D eigenvalue weighted by Gasteiger charge is -2.04. The largest absolute Gasteiger partial charge is 0.370 e. The molecule has 3 N–H and O–H groups in total. The third-order valence-corrected chi connectivity index (χ3v) is 1.88. The lowest BCUT2D eigenvalue weighted by molar-refractivity contribution is -0.117. The van der Waals surface area contributed by atoms with Gasteiger partial charge in [0, 0.05) is 24.9 Å². The van der Waals surface area contributed by atoms with Gasteiger partial charge in [0.05, 0.1) is 0 Å². The van der Waals surface area contributed by atoms with Crippen molar-refractivity contribution < 1.29 is 4.79 Å². The van der Waals surface area contributed by atoms with E-state index in [1.54, 1.807) is 6.20 Å². The van der Waals surface area contributed by atoms with Crippen LogP contribution in [-0.2, 0) is 4.79 Å². The summed E-state index contributed by atoms with van der Waals surface area (Å²) in [4.78, 5) is 18.7. The van der Waals surface area contributed by atoms with Crippen molar-refractivity contribution in [3.63, 3.8) is 0 Å². The molecule has 0 bridgehead atoms. The SMILES string of the molecule is Cc1cnc(NCCC(N)=O)nc1C. The fourth-order valence-corrected chi connectivity index (χ4v) is 0.910. The molecule has 1 rings (SSSR count). The first-order valence-electron chi connectivity index (χ1n) is 4.42. The van der Waals surface area contributed by atoms with E-state index in [4.69, 9.17) is 5.73 Å². The smallest absolute Gasteiger partial charge is 0.222 e. The predicted molar refractivity (Wildman–Crippen MR) is 53.8 cm³/mol. The lowest BCUT2D eigenvalue weighted by Crippen LogP contribution is -2.16. The topological polar surface area (TPSA) is 80.9 Å². The molecule has 5 heteroatoms. The molecule has 1 aromatic heterocycles. The van der Waals surface area contributed by atoms with Crippen molar-refractivity contribution >= 4 is 11.9 Å². The number of amides is 1. The second-order valence-corrected chi connectivity index (χ2v) is 3.11. The maximum Gasteiger partial charge on any atom is 0.222 e. The number of primary amides is 1. The molecule has 14 heavy (non-hydrogen) atoms. The summed E-state index contributed by atoms with van der Waals surface area (Å²) in [5.74, 6) is 0.204. The number of rotatable bonds is 4. The van der Waals surface area contributed by atoms with E-state index in [2.05, 4.69) is 15.3 Å². The van der Waals surface area contributed by atoms with Gasteiger partial charge in [0.1, 0.15) is 0 Å². The molecule has 0 saturated carbocycles. The Kier molecular flexibility index (Phi) is 3.39. The van der Waals surface area contributed by atoms with Gasteiger partial charge >= 0.3 is 0 Å². The van der Waals surface area contributed by atoms with E-state index < -0.39 is 0 Å². The molecule has 1 amide bonds. The van der Waals surface area contributed by atoms with Crippen LogP contribution in [0.5, 0.6) is 0 Å². The van der Waals surface area contributed by atoms with Crippen LogP contribution in [-0.4, -0.2) is 22.4 Å². The first-order chi connectivity index (χ1) is 6.59. The van der Waals surface area contributed by atoms with Crippen LogP contribution in [0.15, 0.2) is 6.20 Å². The van der Waals surface area contributed by atoms with Crippen molar-refractivity contribution in [3.05, 3.63) is 17.5 Å². The first-order valence-corrected chi connectivity index (χ1v) is 4.42. The van der Waals surface area contributed by atoms with Crippen LogP contribution in [0.1, 0.15) is 17.7 Å². The molecule has 0 saturated heterocycles. The number of anilines is 1. The number of carbonyl (C=O) groups is 1. The van der Waals surface area contributed by atoms with Crippen molar-refractivity contribution in [2.75, 3.05) is 11.9 Å². The Morgan fingerprint density at radius 1 is 1.57 bits per heavy atom. The zero-order valence-corrected chi connectivity index (χ0v) is 8.37. The normalized spacial score (nSPS) is 9.86. The molecule has 0 aliphatic rings. The molecule has 1 aromatic rings. The number of nitrogens with zero attached hydrogens (tertiary/aromatic N) is 2. The van der Waals surface area contributed by atoms with Crippen LogP contribution >= 0.6 is 0 Å². The van der Waals surface area contributed by atoms with E-state index in [-0.39, 0.29) is 12.3 Å². The standard InChI is InChI=1S/C9H14N4O/c1-6-5-12-9(13-7(6)2)11-4-3-8(10)14/h5H,3-4H2,1-2H3,(H2,10,14)(H,11,12,13). The van der Waals surface area contributed by atoms with Crippen molar-refractivity contribution in [3.8, 4) is 0 Å². The van der Waals surface area contributed by atoms with E-state index in [0.717, 1.165) is 11.3 Å². The highest BCUT2D eigenvalue weighted by Gasteiger charge is 1.99. The highest BCUT2D eigenvalue weighted by molar-refractivity contribution is 5.74. The second-order valence-electron chi connectivity index (χ2n) is 3.11. The second kappa shape index (κ2) is 4.55. The number of nitrogens with two attached hydrogens (primary N) is 1. The van der Waals surface area contributed by atoms with Gasteiger partial charge in [0.15, 0.2) is 0 Å². The summed E-state index contributed by atoms with van der Waals surface area (Å²) in [6.07, 6.45) is 2.03. The van der Waals surface area contributed by atoms with Gasteiger partial charge in [-0.3, -0.25) is 4.79 Å². The number of nitrogens with one attached hydrogen (secondary N) is 1. The summed E-state index contributed by atoms with van der Waals surface area (Å²) in [6, 6.07) is 0. The molecule has 0 aromatic carbocycles. The van der Waals surface area contributed by atoms with E-state index in [1.165, 1.54) is 0 Å². The molecule has 0 aliphatic carbocycles. The van der Waals surface area contributed by atoms with Gasteiger partial charge in [-0.1, -0.05) is 0 Å². The lowest BCUT2D eigenvalue weighted by atomic mass is 10.3. The fraction of sp³-hybridized carbons (Fsp3) is 0.444. The Hall–Kier alpha value is -1.65. The molecule has 0 atom stereocenters. The van der Waals surface area contributed by atoms with Gasteiger partial charge in [0.2, 0.25) is 11.9 Å². The molecular formula is C9H14N4O. The Morgan fingerprint density at radius 2 is 2.29 bits per heavy atom. The van der Waals surface area contributed by atoms with Crippen LogP contribution in [0.2, 0.25) is 0 Å². The average molecular weight is 194 g/mol. The van der Waals surface area contributed by atoms with Crippen LogP contribution < -0.4 is 11.1 Å². The molecule has 0 unspecified atom stereocenters. The summed E-state index contributed by atoms with van der Waals surface area (Å²) < 4.78 is 0. The van der Waals surface area contributed by atoms with E-state index in [9.17, 15) is 4.79 Å². The van der Waals surface area contributed by atoms with Gasteiger partial charge < -0.3 is 11.1 Å². The number of hydrogen-bond donors (Lipinski definition) is 2. The molecule has 0 radical (unpaired) electrons. The van der Waals surface area contributed by atoms with Gasteiger partial charge in [-0.05, 0) is 19.4 Å². The van der Waals surface area contributed by atoms with Crippen molar-refractivity contribution in [1.29, 1.82) is 0 Å². The highest BCUT2D eigenvalue weighted by Crippen LogP contribution is 2.04. The third kappa shape index (κ3) is 3.01. The molecule has 5 nitrogen and oxygen atoms in total. The molecule has 0 fully saturated rings. The fourth-order valence-electron chi connectivity index (χ4n) is 0.910. The Labute approximate surface area is 82.7 Å². The zero-order chi connectivity index (χ0) is 10.6. The minimum Gasteiger partial charge on any atom is -0.370 e. The molecule has 1 heterocycles. The number of hydrogen-bond acceptors (Lipinski definition) is 4. The summed E-state index contributed by atoms with van der Waals surface area (Å²) >= 11 is 0. The highest BCUT2D eigenvalue weighted by atomic mass is 16.1. The van der Waals surface area contributed by atoms with Gasteiger partial charge in [-0.25, -0.2) is 9.97 Å². The van der Waals surface area contributed by atoms with E-state index >= 15 is 0 Å². The minimum absolute atomic E-state index is 0.288. The Bertz CT molecular complexity index is 338. The van der Waals surface area contributed by atoms with E-state index in [1.807, 2.05) is 13.8 Å². The minimum atomic E-state index is -0.332. The summed E-state index contributed by atoms with van der Waals surface area (Å²) in [6.45, 7) is 4.33. The van der Waals surface area contributed by atoms with Gasteiger partial charge in [-0.15, -0.1) is 0 Å². The molecule has 0 spiro atoms. The summed E-state index contributed by atoms with van der Waals surface area (Å²) in [7, 11) is 0. The summed E-state index contributed by atoms with van der Waals surface area (Å²) in [5, 5.41) is 2.92. The van der Waals surface area contributed by atoms with Crippen LogP contribution in [0.4, 0.5) is 5.95 Å². The average Bonchev–Trinajstić information content (AvgIpc) is 2.10. The molecule has 76 valence electrons. The first kappa shape index (κ1) is 10.4.